The molecule has 0 spiro atoms. The van der Waals surface area contributed by atoms with E-state index in [1.165, 1.54) is 23.9 Å². The Hall–Kier alpha value is -2.06. The molecule has 5 heteroatoms. The summed E-state index contributed by atoms with van der Waals surface area (Å²) in [5.41, 5.74) is 2.80. The molecule has 0 atom stereocenters. The van der Waals surface area contributed by atoms with Crippen LogP contribution in [0, 0.1) is 17.1 Å². The third-order valence-corrected chi connectivity index (χ3v) is 5.00. The molecule has 0 saturated heterocycles. The lowest BCUT2D eigenvalue weighted by atomic mass is 9.90. The highest BCUT2D eigenvalue weighted by atomic mass is 32.2. The Balaban J connectivity index is 1.93. The molecule has 0 aliphatic heterocycles. The van der Waals surface area contributed by atoms with E-state index in [4.69, 9.17) is 0 Å². The zero-order valence-corrected chi connectivity index (χ0v) is 12.8. The van der Waals surface area contributed by atoms with Crippen molar-refractivity contribution >= 4 is 11.8 Å². The molecule has 1 aromatic carbocycles. The van der Waals surface area contributed by atoms with E-state index in [1.807, 2.05) is 12.1 Å². The SMILES string of the molecule is N#Cc1c2c(c(SCc3cccc(F)c3)[nH]c1=O)CCCC2. The van der Waals surface area contributed by atoms with Gasteiger partial charge in [-0.2, -0.15) is 5.26 Å². The maximum absolute atomic E-state index is 13.2. The first-order valence-electron chi connectivity index (χ1n) is 7.24. The summed E-state index contributed by atoms with van der Waals surface area (Å²) in [5.74, 6) is 0.333. The van der Waals surface area contributed by atoms with Crippen molar-refractivity contribution in [2.24, 2.45) is 0 Å². The third-order valence-electron chi connectivity index (χ3n) is 3.88. The number of benzene rings is 1. The fourth-order valence-electron chi connectivity index (χ4n) is 2.83. The van der Waals surface area contributed by atoms with Crippen LogP contribution in [0.3, 0.4) is 0 Å². The van der Waals surface area contributed by atoms with Crippen LogP contribution in [0.25, 0.3) is 0 Å². The van der Waals surface area contributed by atoms with Crippen LogP contribution in [0.5, 0.6) is 0 Å². The van der Waals surface area contributed by atoms with Gasteiger partial charge in [0.1, 0.15) is 17.4 Å². The van der Waals surface area contributed by atoms with Crippen molar-refractivity contribution < 1.29 is 4.39 Å². The second-order valence-electron chi connectivity index (χ2n) is 5.35. The molecule has 0 radical (unpaired) electrons. The largest absolute Gasteiger partial charge is 0.316 e. The molecule has 1 N–H and O–H groups in total. The molecule has 22 heavy (non-hydrogen) atoms. The lowest BCUT2D eigenvalue weighted by Gasteiger charge is -2.19. The molecule has 0 bridgehead atoms. The van der Waals surface area contributed by atoms with E-state index in [0.717, 1.165) is 47.4 Å². The normalized spacial score (nSPS) is 13.5. The van der Waals surface area contributed by atoms with E-state index >= 15 is 0 Å². The van der Waals surface area contributed by atoms with Gasteiger partial charge < -0.3 is 4.98 Å². The quantitative estimate of drug-likeness (QED) is 0.881. The Bertz CT molecular complexity index is 807. The first-order chi connectivity index (χ1) is 10.7. The topological polar surface area (TPSA) is 56.6 Å². The van der Waals surface area contributed by atoms with E-state index in [1.54, 1.807) is 6.07 Å². The van der Waals surface area contributed by atoms with E-state index in [0.29, 0.717) is 5.75 Å². The van der Waals surface area contributed by atoms with Crippen LogP contribution in [0.4, 0.5) is 4.39 Å². The molecular weight excluding hydrogens is 299 g/mol. The highest BCUT2D eigenvalue weighted by Crippen LogP contribution is 2.31. The fraction of sp³-hybridized carbons (Fsp3) is 0.294. The first-order valence-corrected chi connectivity index (χ1v) is 8.23. The van der Waals surface area contributed by atoms with Gasteiger partial charge in [0.05, 0.1) is 5.03 Å². The summed E-state index contributed by atoms with van der Waals surface area (Å²) in [7, 11) is 0. The molecule has 0 fully saturated rings. The number of halogens is 1. The van der Waals surface area contributed by atoms with Crippen molar-refractivity contribution in [1.82, 2.24) is 4.98 Å². The number of aromatic nitrogens is 1. The van der Waals surface area contributed by atoms with Gasteiger partial charge in [0.15, 0.2) is 0 Å². The summed E-state index contributed by atoms with van der Waals surface area (Å²) in [6.07, 6.45) is 3.75. The van der Waals surface area contributed by atoms with Crippen LogP contribution in [0.1, 0.15) is 35.1 Å². The number of nitriles is 1. The highest BCUT2D eigenvalue weighted by Gasteiger charge is 2.20. The molecule has 1 heterocycles. The smallest absolute Gasteiger partial charge is 0.267 e. The van der Waals surface area contributed by atoms with Crippen molar-refractivity contribution in [3.8, 4) is 6.07 Å². The minimum absolute atomic E-state index is 0.254. The van der Waals surface area contributed by atoms with Crippen LogP contribution in [0.15, 0.2) is 34.1 Å². The van der Waals surface area contributed by atoms with Gasteiger partial charge in [-0.1, -0.05) is 12.1 Å². The highest BCUT2D eigenvalue weighted by molar-refractivity contribution is 7.98. The molecule has 1 aliphatic carbocycles. The number of nitrogens with zero attached hydrogens (tertiary/aromatic N) is 1. The van der Waals surface area contributed by atoms with Gasteiger partial charge in [0, 0.05) is 5.75 Å². The molecule has 1 aliphatic rings. The average Bonchev–Trinajstić information content (AvgIpc) is 2.53. The molecule has 3 rings (SSSR count). The fourth-order valence-corrected chi connectivity index (χ4v) is 3.89. The van der Waals surface area contributed by atoms with Crippen molar-refractivity contribution in [1.29, 1.82) is 5.26 Å². The molecule has 0 amide bonds. The van der Waals surface area contributed by atoms with Gasteiger partial charge in [-0.25, -0.2) is 4.39 Å². The van der Waals surface area contributed by atoms with Crippen LogP contribution in [0.2, 0.25) is 0 Å². The van der Waals surface area contributed by atoms with E-state index in [2.05, 4.69) is 4.98 Å². The predicted octanol–water partition coefficient (Wildman–Crippen LogP) is 3.56. The second kappa shape index (κ2) is 6.37. The monoisotopic (exact) mass is 314 g/mol. The van der Waals surface area contributed by atoms with E-state index in [-0.39, 0.29) is 16.9 Å². The molecule has 112 valence electrons. The summed E-state index contributed by atoms with van der Waals surface area (Å²) in [5, 5.41) is 10.0. The number of H-pyrrole nitrogens is 1. The average molecular weight is 314 g/mol. The first kappa shape index (κ1) is 14.9. The van der Waals surface area contributed by atoms with E-state index < -0.39 is 0 Å². The van der Waals surface area contributed by atoms with Crippen molar-refractivity contribution in [3.63, 3.8) is 0 Å². The number of aromatic amines is 1. The lowest BCUT2D eigenvalue weighted by Crippen LogP contribution is -2.20. The number of rotatable bonds is 3. The predicted molar refractivity (Wildman–Crippen MR) is 84.4 cm³/mol. The number of nitrogens with one attached hydrogen (secondary N) is 1. The van der Waals surface area contributed by atoms with Gasteiger partial charge in [-0.15, -0.1) is 11.8 Å². The minimum atomic E-state index is -0.315. The Morgan fingerprint density at radius 2 is 2.05 bits per heavy atom. The van der Waals surface area contributed by atoms with Crippen LogP contribution < -0.4 is 5.56 Å². The van der Waals surface area contributed by atoms with Gasteiger partial charge in [0.2, 0.25) is 0 Å². The molecule has 0 saturated carbocycles. The van der Waals surface area contributed by atoms with Gasteiger partial charge >= 0.3 is 0 Å². The summed E-state index contributed by atoms with van der Waals surface area (Å²) < 4.78 is 13.2. The van der Waals surface area contributed by atoms with E-state index in [9.17, 15) is 14.4 Å². The zero-order chi connectivity index (χ0) is 15.5. The number of hydrogen-bond acceptors (Lipinski definition) is 3. The Labute approximate surface area is 132 Å². The molecular formula is C17H15FN2OS. The van der Waals surface area contributed by atoms with Crippen LogP contribution in [-0.2, 0) is 18.6 Å². The summed E-state index contributed by atoms with van der Waals surface area (Å²) in [6, 6.07) is 8.49. The maximum atomic E-state index is 13.2. The van der Waals surface area contributed by atoms with Crippen LogP contribution >= 0.6 is 11.8 Å². The molecule has 1 aromatic heterocycles. The Morgan fingerprint density at radius 3 is 2.77 bits per heavy atom. The Morgan fingerprint density at radius 1 is 1.27 bits per heavy atom. The van der Waals surface area contributed by atoms with Gasteiger partial charge in [0.25, 0.3) is 5.56 Å². The van der Waals surface area contributed by atoms with Crippen molar-refractivity contribution in [2.75, 3.05) is 0 Å². The molecule has 3 nitrogen and oxygen atoms in total. The molecule has 0 unspecified atom stereocenters. The van der Waals surface area contributed by atoms with Gasteiger partial charge in [-0.05, 0) is 54.5 Å². The summed E-state index contributed by atoms with van der Waals surface area (Å²) >= 11 is 1.50. The Kier molecular flexibility index (Phi) is 4.30. The van der Waals surface area contributed by atoms with Crippen molar-refractivity contribution in [3.05, 3.63) is 62.7 Å². The third kappa shape index (κ3) is 2.93. The minimum Gasteiger partial charge on any atom is -0.316 e. The summed E-state index contributed by atoms with van der Waals surface area (Å²) in [4.78, 5) is 14.9. The number of hydrogen-bond donors (Lipinski definition) is 1. The van der Waals surface area contributed by atoms with Crippen molar-refractivity contribution in [2.45, 2.75) is 36.5 Å². The zero-order valence-electron chi connectivity index (χ0n) is 12.0. The van der Waals surface area contributed by atoms with Crippen LogP contribution in [-0.4, -0.2) is 4.98 Å². The number of thioether (sulfide) groups is 1. The van der Waals surface area contributed by atoms with Gasteiger partial charge in [-0.3, -0.25) is 4.79 Å². The summed E-state index contributed by atoms with van der Waals surface area (Å²) in [6.45, 7) is 0. The number of pyridine rings is 1. The second-order valence-corrected chi connectivity index (χ2v) is 6.34. The number of fused-ring (bicyclic) bond motifs is 1. The maximum Gasteiger partial charge on any atom is 0.267 e. The molecule has 2 aromatic rings. The lowest BCUT2D eigenvalue weighted by molar-refractivity contribution is 0.626. The standard InChI is InChI=1S/C17H15FN2OS/c18-12-5-3-4-11(8-12)10-22-17-14-7-2-1-6-13(14)15(9-19)16(21)20-17/h3-5,8H,1-2,6-7,10H2,(H,20,21).